The summed E-state index contributed by atoms with van der Waals surface area (Å²) < 4.78 is 11.3. The smallest absolute Gasteiger partial charge is 0.161 e. The maximum Gasteiger partial charge on any atom is 0.161 e. The van der Waals surface area contributed by atoms with Crippen LogP contribution in [0.5, 0.6) is 11.5 Å². The van der Waals surface area contributed by atoms with Crippen molar-refractivity contribution in [2.75, 3.05) is 13.2 Å². The summed E-state index contributed by atoms with van der Waals surface area (Å²) in [5.41, 5.74) is 10.1. The second-order valence-corrected chi connectivity index (χ2v) is 5.42. The molecular weight excluding hydrogens is 260 g/mol. The zero-order valence-electron chi connectivity index (χ0n) is 10.8. The molecule has 0 amide bonds. The van der Waals surface area contributed by atoms with Crippen molar-refractivity contribution >= 4 is 11.3 Å². The third-order valence-electron chi connectivity index (χ3n) is 3.20. The summed E-state index contributed by atoms with van der Waals surface area (Å²) in [5, 5.41) is 0. The molecule has 1 aromatic heterocycles. The fourth-order valence-corrected chi connectivity index (χ4v) is 2.96. The van der Waals surface area contributed by atoms with E-state index >= 15 is 0 Å². The molecule has 0 aliphatic carbocycles. The fraction of sp³-hybridized carbons (Fsp3) is 0.357. The highest BCUT2D eigenvalue weighted by Crippen LogP contribution is 2.34. The lowest BCUT2D eigenvalue weighted by Crippen LogP contribution is -2.11. The van der Waals surface area contributed by atoms with Crippen molar-refractivity contribution in [3.63, 3.8) is 0 Å². The second-order valence-electron chi connectivity index (χ2n) is 4.54. The number of nitrogens with two attached hydrogens (primary N) is 1. The number of thiazole rings is 1. The van der Waals surface area contributed by atoms with Crippen molar-refractivity contribution in [2.45, 2.75) is 19.4 Å². The topological polar surface area (TPSA) is 57.4 Å². The van der Waals surface area contributed by atoms with E-state index in [-0.39, 0.29) is 6.04 Å². The number of hydrogen-bond acceptors (Lipinski definition) is 5. The summed E-state index contributed by atoms with van der Waals surface area (Å²) in [4.78, 5) is 5.34. The van der Waals surface area contributed by atoms with Gasteiger partial charge in [0, 0.05) is 11.3 Å². The Morgan fingerprint density at radius 3 is 2.79 bits per heavy atom. The fourth-order valence-electron chi connectivity index (χ4n) is 2.13. The summed E-state index contributed by atoms with van der Waals surface area (Å²) >= 11 is 1.59. The van der Waals surface area contributed by atoms with E-state index in [0.717, 1.165) is 34.1 Å². The molecule has 0 saturated carbocycles. The van der Waals surface area contributed by atoms with Gasteiger partial charge in [0.15, 0.2) is 11.5 Å². The van der Waals surface area contributed by atoms with Gasteiger partial charge in [-0.25, -0.2) is 4.98 Å². The van der Waals surface area contributed by atoms with E-state index in [2.05, 4.69) is 4.98 Å². The van der Waals surface area contributed by atoms with E-state index in [0.29, 0.717) is 13.2 Å². The molecule has 100 valence electrons. The summed E-state index contributed by atoms with van der Waals surface area (Å²) in [6.45, 7) is 3.37. The maximum absolute atomic E-state index is 6.31. The molecule has 0 bridgehead atoms. The first-order valence-electron chi connectivity index (χ1n) is 6.31. The molecule has 1 unspecified atom stereocenters. The first-order chi connectivity index (χ1) is 9.25. The van der Waals surface area contributed by atoms with E-state index in [1.165, 1.54) is 0 Å². The highest BCUT2D eigenvalue weighted by Gasteiger charge is 2.17. The van der Waals surface area contributed by atoms with Crippen molar-refractivity contribution in [2.24, 2.45) is 5.73 Å². The molecule has 2 N–H and O–H groups in total. The number of aryl methyl sites for hydroxylation is 1. The van der Waals surface area contributed by atoms with Crippen LogP contribution in [0.15, 0.2) is 23.7 Å². The largest absolute Gasteiger partial charge is 0.490 e. The van der Waals surface area contributed by atoms with E-state index in [1.54, 1.807) is 11.3 Å². The van der Waals surface area contributed by atoms with Gasteiger partial charge in [-0.2, -0.15) is 0 Å². The monoisotopic (exact) mass is 276 g/mol. The van der Waals surface area contributed by atoms with Gasteiger partial charge in [-0.15, -0.1) is 11.3 Å². The molecular formula is C14H16N2O2S. The lowest BCUT2D eigenvalue weighted by molar-refractivity contribution is 0.297. The quantitative estimate of drug-likeness (QED) is 0.916. The predicted octanol–water partition coefficient (Wildman–Crippen LogP) is 2.66. The van der Waals surface area contributed by atoms with Crippen molar-refractivity contribution in [3.05, 3.63) is 39.8 Å². The Hall–Kier alpha value is -1.59. The molecule has 4 nitrogen and oxygen atoms in total. The lowest BCUT2D eigenvalue weighted by atomic mass is 10.0. The van der Waals surface area contributed by atoms with Gasteiger partial charge in [-0.3, -0.25) is 0 Å². The number of aromatic nitrogens is 1. The van der Waals surface area contributed by atoms with Crippen molar-refractivity contribution in [1.82, 2.24) is 4.98 Å². The molecule has 0 radical (unpaired) electrons. The van der Waals surface area contributed by atoms with Gasteiger partial charge in [0.1, 0.15) is 0 Å². The first kappa shape index (κ1) is 12.4. The Morgan fingerprint density at radius 1 is 1.26 bits per heavy atom. The molecule has 3 rings (SSSR count). The zero-order chi connectivity index (χ0) is 13.2. The van der Waals surface area contributed by atoms with Gasteiger partial charge >= 0.3 is 0 Å². The number of benzene rings is 1. The van der Waals surface area contributed by atoms with Crippen LogP contribution < -0.4 is 15.2 Å². The molecule has 2 aromatic rings. The summed E-state index contributed by atoms with van der Waals surface area (Å²) in [6, 6.07) is 5.75. The van der Waals surface area contributed by atoms with E-state index in [9.17, 15) is 0 Å². The zero-order valence-corrected chi connectivity index (χ0v) is 11.6. The first-order valence-corrected chi connectivity index (χ1v) is 7.19. The molecule has 0 spiro atoms. The Balaban J connectivity index is 1.93. The Labute approximate surface area is 116 Å². The van der Waals surface area contributed by atoms with Crippen LogP contribution in [-0.4, -0.2) is 18.2 Å². The standard InChI is InChI=1S/C14H16N2O2S/c1-9-14(19-8-16-9)13(15)10-3-4-11-12(7-10)18-6-2-5-17-11/h3-4,7-8,13H,2,5-6,15H2,1H3. The van der Waals surface area contributed by atoms with Crippen LogP contribution in [-0.2, 0) is 0 Å². The second kappa shape index (κ2) is 5.19. The van der Waals surface area contributed by atoms with Crippen molar-refractivity contribution in [3.8, 4) is 11.5 Å². The SMILES string of the molecule is Cc1ncsc1C(N)c1ccc2c(c1)OCCCO2. The minimum Gasteiger partial charge on any atom is -0.490 e. The Kier molecular flexibility index (Phi) is 3.40. The number of hydrogen-bond donors (Lipinski definition) is 1. The molecule has 2 heterocycles. The van der Waals surface area contributed by atoms with Crippen LogP contribution in [0, 0.1) is 6.92 Å². The van der Waals surface area contributed by atoms with Gasteiger partial charge in [0.25, 0.3) is 0 Å². The van der Waals surface area contributed by atoms with Crippen molar-refractivity contribution < 1.29 is 9.47 Å². The highest BCUT2D eigenvalue weighted by atomic mass is 32.1. The van der Waals surface area contributed by atoms with E-state index in [1.807, 2.05) is 30.6 Å². The molecule has 1 atom stereocenters. The van der Waals surface area contributed by atoms with Crippen LogP contribution >= 0.6 is 11.3 Å². The van der Waals surface area contributed by atoms with Gasteiger partial charge in [0.05, 0.1) is 30.5 Å². The van der Waals surface area contributed by atoms with Crippen LogP contribution in [0.25, 0.3) is 0 Å². The van der Waals surface area contributed by atoms with Gasteiger partial charge in [-0.05, 0) is 24.6 Å². The normalized spacial score (nSPS) is 15.9. The molecule has 19 heavy (non-hydrogen) atoms. The summed E-state index contributed by atoms with van der Waals surface area (Å²) in [5.74, 6) is 1.59. The average molecular weight is 276 g/mol. The number of fused-ring (bicyclic) bond motifs is 1. The highest BCUT2D eigenvalue weighted by molar-refractivity contribution is 7.09. The Morgan fingerprint density at radius 2 is 2.05 bits per heavy atom. The average Bonchev–Trinajstić information content (AvgIpc) is 2.72. The van der Waals surface area contributed by atoms with Crippen LogP contribution in [0.4, 0.5) is 0 Å². The molecule has 5 heteroatoms. The van der Waals surface area contributed by atoms with Gasteiger partial charge in [-0.1, -0.05) is 6.07 Å². The van der Waals surface area contributed by atoms with Gasteiger partial charge < -0.3 is 15.2 Å². The molecule has 1 aliphatic heterocycles. The maximum atomic E-state index is 6.31. The third-order valence-corrected chi connectivity index (χ3v) is 4.21. The Bertz CT molecular complexity index is 583. The minimum atomic E-state index is -0.162. The lowest BCUT2D eigenvalue weighted by Gasteiger charge is -2.14. The number of ether oxygens (including phenoxy) is 2. The molecule has 0 saturated heterocycles. The third kappa shape index (κ3) is 2.43. The van der Waals surface area contributed by atoms with Crippen LogP contribution in [0.1, 0.15) is 28.6 Å². The molecule has 1 aromatic carbocycles. The number of nitrogens with zero attached hydrogens (tertiary/aromatic N) is 1. The molecule has 0 fully saturated rings. The van der Waals surface area contributed by atoms with E-state index < -0.39 is 0 Å². The number of rotatable bonds is 2. The predicted molar refractivity (Wildman–Crippen MR) is 74.9 cm³/mol. The summed E-state index contributed by atoms with van der Waals surface area (Å²) in [6.07, 6.45) is 0.907. The minimum absolute atomic E-state index is 0.162. The van der Waals surface area contributed by atoms with Crippen LogP contribution in [0.3, 0.4) is 0 Å². The van der Waals surface area contributed by atoms with Crippen molar-refractivity contribution in [1.29, 1.82) is 0 Å². The van der Waals surface area contributed by atoms with Crippen LogP contribution in [0.2, 0.25) is 0 Å². The van der Waals surface area contributed by atoms with Gasteiger partial charge in [0.2, 0.25) is 0 Å². The van der Waals surface area contributed by atoms with E-state index in [4.69, 9.17) is 15.2 Å². The summed E-state index contributed by atoms with van der Waals surface area (Å²) in [7, 11) is 0. The molecule has 1 aliphatic rings.